The quantitative estimate of drug-likeness (QED) is 0.294. The molecule has 0 amide bonds. The Morgan fingerprint density at radius 1 is 0.885 bits per heavy atom. The molecular weight excluding hydrogens is 407 g/mol. The first-order valence-electron chi connectivity index (χ1n) is 9.67. The lowest BCUT2D eigenvalue weighted by molar-refractivity contribution is 0.340. The first-order valence-corrected chi connectivity index (χ1v) is 11.8. The third-order valence-electron chi connectivity index (χ3n) is 4.29. The number of thioether (sulfide) groups is 1. The second kappa shape index (κ2) is 15.1. The molecule has 0 saturated heterocycles. The summed E-state index contributed by atoms with van der Waals surface area (Å²) in [6, 6.07) is 3.34. The molecule has 0 aliphatic carbocycles. The van der Waals surface area contributed by atoms with Crippen molar-refractivity contribution in [2.24, 2.45) is 0 Å². The van der Waals surface area contributed by atoms with E-state index >= 15 is 0 Å². The van der Waals surface area contributed by atoms with Crippen molar-refractivity contribution in [2.75, 3.05) is 12.4 Å². The average molecular weight is 438 g/mol. The summed E-state index contributed by atoms with van der Waals surface area (Å²) in [5.74, 6) is 1.01. The van der Waals surface area contributed by atoms with Gasteiger partial charge >= 0.3 is 0 Å². The molecule has 0 heterocycles. The first-order chi connectivity index (χ1) is 12.6. The highest BCUT2D eigenvalue weighted by Gasteiger charge is 2.07. The Balaban J connectivity index is 2.23. The summed E-state index contributed by atoms with van der Waals surface area (Å²) < 4.78 is 0. The summed E-state index contributed by atoms with van der Waals surface area (Å²) in [6.45, 7) is 2.26. The Morgan fingerprint density at radius 2 is 1.38 bits per heavy atom. The predicted octanol–water partition coefficient (Wildman–Crippen LogP) is 8.63. The Morgan fingerprint density at radius 3 is 1.88 bits per heavy atom. The number of unbranched alkanes of at least 4 members (excludes halogenated alkanes) is 9. The largest absolute Gasteiger partial charge is 0.391 e. The van der Waals surface area contributed by atoms with Crippen LogP contribution in [0.25, 0.3) is 6.08 Å². The highest BCUT2D eigenvalue weighted by molar-refractivity contribution is 8.03. The molecule has 0 unspecified atom stereocenters. The van der Waals surface area contributed by atoms with E-state index in [-0.39, 0.29) is 6.61 Å². The number of hydrogen-bond donors (Lipinski definition) is 1. The first kappa shape index (κ1) is 24.2. The summed E-state index contributed by atoms with van der Waals surface area (Å²) in [4.78, 5) is 0.882. The van der Waals surface area contributed by atoms with Crippen molar-refractivity contribution in [2.45, 2.75) is 71.1 Å². The Bertz CT molecular complexity index is 523. The fourth-order valence-electron chi connectivity index (χ4n) is 2.78. The van der Waals surface area contributed by atoms with Gasteiger partial charge in [-0.2, -0.15) is 0 Å². The smallest absolute Gasteiger partial charge is 0.0740 e. The summed E-state index contributed by atoms with van der Waals surface area (Å²) in [5.41, 5.74) is 0.720. The van der Waals surface area contributed by atoms with Crippen molar-refractivity contribution in [3.05, 3.63) is 37.7 Å². The van der Waals surface area contributed by atoms with E-state index in [0.717, 1.165) is 16.2 Å². The molecule has 26 heavy (non-hydrogen) atoms. The minimum absolute atomic E-state index is 0.00227. The number of aliphatic hydroxyl groups is 1. The summed E-state index contributed by atoms with van der Waals surface area (Å²) >= 11 is 20.0. The fraction of sp³-hybridized carbons (Fsp3) is 0.619. The van der Waals surface area contributed by atoms with E-state index in [1.807, 2.05) is 6.08 Å². The van der Waals surface area contributed by atoms with Crippen LogP contribution in [0.5, 0.6) is 0 Å². The molecule has 0 radical (unpaired) electrons. The summed E-state index contributed by atoms with van der Waals surface area (Å²) in [7, 11) is 0. The van der Waals surface area contributed by atoms with Crippen LogP contribution in [0.2, 0.25) is 15.1 Å². The normalized spacial score (nSPS) is 12.0. The summed E-state index contributed by atoms with van der Waals surface area (Å²) in [5, 5.41) is 11.1. The maximum Gasteiger partial charge on any atom is 0.0740 e. The molecule has 0 aromatic heterocycles. The van der Waals surface area contributed by atoms with Crippen LogP contribution >= 0.6 is 46.6 Å². The van der Waals surface area contributed by atoms with E-state index in [1.54, 1.807) is 23.9 Å². The van der Waals surface area contributed by atoms with Crippen LogP contribution in [-0.2, 0) is 0 Å². The van der Waals surface area contributed by atoms with Gasteiger partial charge in [0.1, 0.15) is 0 Å². The van der Waals surface area contributed by atoms with Crippen LogP contribution < -0.4 is 0 Å². The molecule has 1 N–H and O–H groups in total. The third kappa shape index (κ3) is 10.5. The van der Waals surface area contributed by atoms with Crippen molar-refractivity contribution < 1.29 is 5.11 Å². The molecule has 0 aliphatic heterocycles. The van der Waals surface area contributed by atoms with Gasteiger partial charge < -0.3 is 5.11 Å². The van der Waals surface area contributed by atoms with Crippen molar-refractivity contribution in [1.29, 1.82) is 0 Å². The maximum absolute atomic E-state index is 9.58. The zero-order valence-electron chi connectivity index (χ0n) is 15.7. The maximum atomic E-state index is 9.58. The molecular formula is C21H31Cl3OS. The summed E-state index contributed by atoms with van der Waals surface area (Å²) in [6.07, 6.45) is 15.2. The highest BCUT2D eigenvalue weighted by Crippen LogP contribution is 2.32. The second-order valence-corrected chi connectivity index (χ2v) is 9.05. The zero-order chi connectivity index (χ0) is 19.2. The third-order valence-corrected chi connectivity index (χ3v) is 6.24. The van der Waals surface area contributed by atoms with Gasteiger partial charge in [-0.1, -0.05) is 99.5 Å². The number of aliphatic hydroxyl groups excluding tert-OH is 1. The number of rotatable bonds is 14. The Kier molecular flexibility index (Phi) is 14.0. The van der Waals surface area contributed by atoms with Gasteiger partial charge in [0, 0.05) is 15.5 Å². The van der Waals surface area contributed by atoms with Crippen LogP contribution in [0, 0.1) is 0 Å². The van der Waals surface area contributed by atoms with E-state index in [1.165, 1.54) is 64.2 Å². The van der Waals surface area contributed by atoms with Gasteiger partial charge in [-0.05, 0) is 30.4 Å². The second-order valence-electron chi connectivity index (χ2n) is 6.58. The predicted molar refractivity (Wildman–Crippen MR) is 121 cm³/mol. The van der Waals surface area contributed by atoms with E-state index in [4.69, 9.17) is 34.8 Å². The molecule has 0 spiro atoms. The molecule has 1 nitrogen and oxygen atoms in total. The molecule has 0 atom stereocenters. The van der Waals surface area contributed by atoms with Crippen LogP contribution in [0.1, 0.15) is 76.7 Å². The van der Waals surface area contributed by atoms with Crippen molar-refractivity contribution in [3.63, 3.8) is 0 Å². The van der Waals surface area contributed by atoms with Crippen LogP contribution in [0.3, 0.4) is 0 Å². The molecule has 0 fully saturated rings. The van der Waals surface area contributed by atoms with Crippen molar-refractivity contribution in [3.8, 4) is 0 Å². The van der Waals surface area contributed by atoms with Crippen LogP contribution in [0.15, 0.2) is 17.0 Å². The average Bonchev–Trinajstić information content (AvgIpc) is 2.60. The van der Waals surface area contributed by atoms with E-state index < -0.39 is 0 Å². The molecule has 0 saturated carbocycles. The zero-order valence-corrected chi connectivity index (χ0v) is 18.8. The SMILES string of the molecule is CCCCCCCCCCCCS/C(=C/c1c(Cl)cc(Cl)cc1Cl)CO. The van der Waals surface area contributed by atoms with Crippen LogP contribution in [0.4, 0.5) is 0 Å². The lowest BCUT2D eigenvalue weighted by Crippen LogP contribution is -1.90. The van der Waals surface area contributed by atoms with Gasteiger partial charge in [0.05, 0.1) is 16.7 Å². The minimum atomic E-state index is -0.00227. The van der Waals surface area contributed by atoms with Gasteiger partial charge in [-0.3, -0.25) is 0 Å². The lowest BCUT2D eigenvalue weighted by atomic mass is 10.1. The molecule has 1 rings (SSSR count). The topological polar surface area (TPSA) is 20.2 Å². The number of benzene rings is 1. The fourth-order valence-corrected chi connectivity index (χ4v) is 4.61. The Labute approximate surface area is 178 Å². The minimum Gasteiger partial charge on any atom is -0.391 e. The number of hydrogen-bond acceptors (Lipinski definition) is 2. The van der Waals surface area contributed by atoms with E-state index in [0.29, 0.717) is 15.1 Å². The highest BCUT2D eigenvalue weighted by atomic mass is 35.5. The van der Waals surface area contributed by atoms with Crippen molar-refractivity contribution in [1.82, 2.24) is 0 Å². The number of halogens is 3. The molecule has 1 aromatic rings. The molecule has 1 aromatic carbocycles. The van der Waals surface area contributed by atoms with Gasteiger partial charge in [0.2, 0.25) is 0 Å². The van der Waals surface area contributed by atoms with Crippen LogP contribution in [-0.4, -0.2) is 17.5 Å². The Hall–Kier alpha value is 0.140. The molecule has 0 aliphatic rings. The van der Waals surface area contributed by atoms with Crippen molar-refractivity contribution >= 4 is 52.6 Å². The lowest BCUT2D eigenvalue weighted by Gasteiger charge is -2.08. The van der Waals surface area contributed by atoms with E-state index in [9.17, 15) is 5.11 Å². The van der Waals surface area contributed by atoms with Gasteiger partial charge in [0.25, 0.3) is 0 Å². The van der Waals surface area contributed by atoms with E-state index in [2.05, 4.69) is 6.92 Å². The van der Waals surface area contributed by atoms with Gasteiger partial charge in [0.15, 0.2) is 0 Å². The van der Waals surface area contributed by atoms with Gasteiger partial charge in [-0.25, -0.2) is 0 Å². The van der Waals surface area contributed by atoms with Gasteiger partial charge in [-0.15, -0.1) is 11.8 Å². The molecule has 0 bridgehead atoms. The molecule has 5 heteroatoms. The monoisotopic (exact) mass is 436 g/mol. The molecule has 148 valence electrons. The standard InChI is InChI=1S/C21H31Cl3OS/c1-2-3-4-5-6-7-8-9-10-11-12-26-18(16-25)15-19-20(23)13-17(22)14-21(19)24/h13-15,25H,2-12,16H2,1H3/b18-15+.